The lowest BCUT2D eigenvalue weighted by Crippen LogP contribution is -2.43. The summed E-state index contributed by atoms with van der Waals surface area (Å²) < 4.78 is 59.2. The van der Waals surface area contributed by atoms with Gasteiger partial charge < -0.3 is 47.5 Å². The van der Waals surface area contributed by atoms with E-state index in [1.165, 1.54) is 23.8 Å². The molecule has 1 aromatic heterocycles. The van der Waals surface area contributed by atoms with E-state index in [-0.39, 0.29) is 57.7 Å². The van der Waals surface area contributed by atoms with Crippen LogP contribution in [0.25, 0.3) is 0 Å². The Bertz CT molecular complexity index is 2130. The lowest BCUT2D eigenvalue weighted by Gasteiger charge is -2.39. The fraction of sp³-hybridized carbons (Fsp3) is 0.444. The molecule has 1 saturated heterocycles. The number of hydrogen-bond acceptors (Lipinski definition) is 15. The average molecular weight is 887 g/mol. The summed E-state index contributed by atoms with van der Waals surface area (Å²) >= 11 is 0. The second kappa shape index (κ2) is 24.0. The highest BCUT2D eigenvalue weighted by Gasteiger charge is 2.51. The smallest absolute Gasteiger partial charge is 0.351 e. The van der Waals surface area contributed by atoms with Crippen molar-refractivity contribution in [3.63, 3.8) is 0 Å². The number of rotatable bonds is 24. The lowest BCUT2D eigenvalue weighted by molar-refractivity contribution is -0.172. The van der Waals surface area contributed by atoms with Gasteiger partial charge in [-0.2, -0.15) is 15.5 Å². The van der Waals surface area contributed by atoms with Crippen LogP contribution < -0.4 is 20.5 Å². The molecule has 1 fully saturated rings. The van der Waals surface area contributed by atoms with Gasteiger partial charge in [0.1, 0.15) is 54.6 Å². The number of carbonyl (C=O) groups is 1. The van der Waals surface area contributed by atoms with Gasteiger partial charge in [-0.1, -0.05) is 54.6 Å². The minimum Gasteiger partial charge on any atom is -0.497 e. The lowest BCUT2D eigenvalue weighted by atomic mass is 9.80. The first-order valence-corrected chi connectivity index (χ1v) is 21.5. The summed E-state index contributed by atoms with van der Waals surface area (Å²) in [6.45, 7) is 8.52. The highest BCUT2D eigenvalue weighted by molar-refractivity contribution is 7.44. The number of aromatic nitrogens is 2. The van der Waals surface area contributed by atoms with Gasteiger partial charge in [-0.25, -0.2) is 9.46 Å². The molecule has 1 aliphatic heterocycles. The van der Waals surface area contributed by atoms with E-state index in [1.807, 2.05) is 113 Å². The van der Waals surface area contributed by atoms with Crippen molar-refractivity contribution in [2.24, 2.45) is 0 Å². The van der Waals surface area contributed by atoms with Gasteiger partial charge in [0.2, 0.25) is 5.91 Å². The van der Waals surface area contributed by atoms with Crippen LogP contribution in [0.1, 0.15) is 64.0 Å². The van der Waals surface area contributed by atoms with Crippen LogP contribution in [0.4, 0.5) is 5.82 Å². The van der Waals surface area contributed by atoms with Gasteiger partial charge in [-0.3, -0.25) is 9.36 Å². The quantitative estimate of drug-likeness (QED) is 0.0340. The third kappa shape index (κ3) is 12.5. The van der Waals surface area contributed by atoms with E-state index in [9.17, 15) is 14.9 Å². The van der Waals surface area contributed by atoms with Gasteiger partial charge >= 0.3 is 5.69 Å². The Hall–Kier alpha value is -5.30. The predicted octanol–water partition coefficient (Wildman–Crippen LogP) is 6.64. The summed E-state index contributed by atoms with van der Waals surface area (Å²) in [5.41, 5.74) is 0.330. The van der Waals surface area contributed by atoms with Crippen molar-refractivity contribution in [3.05, 3.63) is 118 Å². The zero-order valence-electron chi connectivity index (χ0n) is 36.5. The Kier molecular flexibility index (Phi) is 18.5. The Morgan fingerprint density at radius 3 is 2.03 bits per heavy atom. The maximum absolute atomic E-state index is 13.8. The molecule has 5 unspecified atom stereocenters. The van der Waals surface area contributed by atoms with Crippen molar-refractivity contribution < 1.29 is 47.0 Å². The summed E-state index contributed by atoms with van der Waals surface area (Å²) in [7, 11) is 1.29. The molecule has 0 radical (unpaired) electrons. The number of carbonyl (C=O) groups excluding carboxylic acids is 1. The zero-order valence-corrected chi connectivity index (χ0v) is 37.4. The molecule has 2 heterocycles. The molecule has 4 aromatic rings. The van der Waals surface area contributed by atoms with E-state index in [0.29, 0.717) is 11.5 Å². The van der Waals surface area contributed by atoms with E-state index in [0.717, 1.165) is 16.7 Å². The van der Waals surface area contributed by atoms with Gasteiger partial charge in [-0.05, 0) is 74.7 Å². The number of nitrogens with one attached hydrogen (secondary N) is 1. The van der Waals surface area contributed by atoms with Gasteiger partial charge in [0, 0.05) is 25.2 Å². The van der Waals surface area contributed by atoms with Crippen LogP contribution in [0.3, 0.4) is 0 Å². The molecule has 5 rings (SSSR count). The summed E-state index contributed by atoms with van der Waals surface area (Å²) in [5, 5.41) is 21.0. The molecule has 17 nitrogen and oxygen atoms in total. The molecule has 63 heavy (non-hydrogen) atoms. The Morgan fingerprint density at radius 2 is 1.49 bits per heavy atom. The molecule has 0 aliphatic carbocycles. The first-order chi connectivity index (χ1) is 30.5. The molecule has 1 aliphatic rings. The van der Waals surface area contributed by atoms with Crippen molar-refractivity contribution in [1.82, 2.24) is 14.2 Å². The van der Waals surface area contributed by atoms with Gasteiger partial charge in [0.05, 0.1) is 46.0 Å². The third-order valence-corrected chi connectivity index (χ3v) is 12.0. The van der Waals surface area contributed by atoms with Crippen LogP contribution in [-0.4, -0.2) is 98.2 Å². The third-order valence-electron chi connectivity index (χ3n) is 9.88. The molecule has 1 amide bonds. The molecule has 3 aromatic carbocycles. The van der Waals surface area contributed by atoms with Crippen LogP contribution in [0.15, 0.2) is 95.9 Å². The number of ether oxygens (including phenoxy) is 7. The molecular formula is C45H55N6O11P. The topological polar surface area (TPSA) is 198 Å². The van der Waals surface area contributed by atoms with E-state index in [4.69, 9.17) is 47.5 Å². The zero-order chi connectivity index (χ0) is 45.4. The van der Waals surface area contributed by atoms with Gasteiger partial charge in [-0.15, -0.1) is 0 Å². The summed E-state index contributed by atoms with van der Waals surface area (Å²) in [6.07, 6.45) is -2.70. The van der Waals surface area contributed by atoms with Gasteiger partial charge in [0.25, 0.3) is 8.53 Å². The number of benzene rings is 3. The monoisotopic (exact) mass is 886 g/mol. The average Bonchev–Trinajstić information content (AvgIpc) is 3.61. The first kappa shape index (κ1) is 48.7. The second-order valence-corrected chi connectivity index (χ2v) is 16.2. The fourth-order valence-electron chi connectivity index (χ4n) is 7.21. The van der Waals surface area contributed by atoms with Gasteiger partial charge in [0.15, 0.2) is 13.0 Å². The van der Waals surface area contributed by atoms with Crippen LogP contribution >= 0.6 is 8.53 Å². The second-order valence-electron chi connectivity index (χ2n) is 14.8. The molecule has 0 spiro atoms. The number of nitriles is 2. The number of amides is 1. The Morgan fingerprint density at radius 1 is 0.873 bits per heavy atom. The van der Waals surface area contributed by atoms with E-state index < -0.39 is 50.3 Å². The van der Waals surface area contributed by atoms with Crippen molar-refractivity contribution in [2.45, 2.75) is 83.3 Å². The Labute approximate surface area is 369 Å². The molecule has 0 bridgehead atoms. The molecular weight excluding hydrogens is 831 g/mol. The number of anilines is 1. The highest BCUT2D eigenvalue weighted by Crippen LogP contribution is 2.51. The standard InChI is InChI=1S/C45H55N6O11P/c1-31(2)51(32(3)4)63(60-26-11-23-46)62-41-39(61-43(42(41)58-30-57-29-56-27-24-47)50-25-22-40(48-33(5)52)49-44(50)53)28-59-45(34-12-9-8-10-13-34,35-14-18-37(54-6)19-15-35)36-16-20-38(55-7)21-17-36/h8-10,12-22,25,31-32,39,41-43H,11,26-30H2,1-7H3,(H,48,49,52,53). The fourth-order valence-corrected chi connectivity index (χ4v) is 8.98. The van der Waals surface area contributed by atoms with Crippen LogP contribution in [-0.2, 0) is 43.1 Å². The molecule has 1 N–H and O–H groups in total. The maximum Gasteiger partial charge on any atom is 0.351 e. The van der Waals surface area contributed by atoms with Crippen LogP contribution in [0.5, 0.6) is 11.5 Å². The van der Waals surface area contributed by atoms with Crippen molar-refractivity contribution in [2.75, 3.05) is 52.9 Å². The Balaban J connectivity index is 1.67. The number of hydrogen-bond donors (Lipinski definition) is 1. The normalized spacial score (nSPS) is 18.0. The van der Waals surface area contributed by atoms with Crippen molar-refractivity contribution in [1.29, 1.82) is 10.5 Å². The number of methoxy groups -OCH3 is 2. The molecule has 5 atom stereocenters. The number of nitrogens with zero attached hydrogens (tertiary/aromatic N) is 5. The first-order valence-electron chi connectivity index (χ1n) is 20.4. The molecule has 336 valence electrons. The molecule has 0 saturated carbocycles. The molecule has 18 heteroatoms. The summed E-state index contributed by atoms with van der Waals surface area (Å²) in [6, 6.07) is 30.3. The highest BCUT2D eigenvalue weighted by atomic mass is 31.2. The van der Waals surface area contributed by atoms with E-state index in [2.05, 4.69) is 21.0 Å². The minimum absolute atomic E-state index is 0.0513. The predicted molar refractivity (Wildman–Crippen MR) is 232 cm³/mol. The van der Waals surface area contributed by atoms with E-state index >= 15 is 0 Å². The summed E-state index contributed by atoms with van der Waals surface area (Å²) in [4.78, 5) is 29.8. The SMILES string of the molecule is COc1ccc(C(OCC2OC(n3ccc(NC(C)=O)nc3=O)C(OCOCOCC#N)C2OP(OCCC#N)N(C(C)C)C(C)C)(c2ccccc2)c2ccc(OC)cc2)cc1. The van der Waals surface area contributed by atoms with Crippen molar-refractivity contribution in [3.8, 4) is 23.6 Å². The van der Waals surface area contributed by atoms with Crippen LogP contribution in [0, 0.1) is 22.7 Å². The summed E-state index contributed by atoms with van der Waals surface area (Å²) in [5.74, 6) is 0.952. The van der Waals surface area contributed by atoms with Crippen molar-refractivity contribution >= 4 is 20.3 Å². The van der Waals surface area contributed by atoms with Crippen LogP contribution in [0.2, 0.25) is 0 Å². The largest absolute Gasteiger partial charge is 0.497 e. The van der Waals surface area contributed by atoms with E-state index in [1.54, 1.807) is 14.2 Å². The minimum atomic E-state index is -1.91. The maximum atomic E-state index is 13.8.